The number of hydrogen-bond acceptors (Lipinski definition) is 3. The Balaban J connectivity index is 1.94. The number of anilines is 1. The zero-order valence-electron chi connectivity index (χ0n) is 10.4. The Labute approximate surface area is 115 Å². The van der Waals surface area contributed by atoms with E-state index in [9.17, 15) is 4.79 Å². The van der Waals surface area contributed by atoms with Gasteiger partial charge in [0.15, 0.2) is 5.15 Å². The van der Waals surface area contributed by atoms with Crippen LogP contribution in [0.25, 0.3) is 0 Å². The number of nitrogens with zero attached hydrogens (tertiary/aromatic N) is 2. The standard InChI is InChI=1S/C14H14ClN3O/c15-13-12(16)14(19)18(8-17-13)7-9-4-5-10-2-1-3-11(10)6-9/h4-6,8H,1-3,7,16H2. The van der Waals surface area contributed by atoms with Gasteiger partial charge in [-0.2, -0.15) is 0 Å². The van der Waals surface area contributed by atoms with Crippen molar-refractivity contribution in [2.45, 2.75) is 25.8 Å². The van der Waals surface area contributed by atoms with E-state index in [0.29, 0.717) is 6.54 Å². The molecular formula is C14H14ClN3O. The lowest BCUT2D eigenvalue weighted by Crippen LogP contribution is -2.24. The van der Waals surface area contributed by atoms with Gasteiger partial charge in [-0.05, 0) is 36.0 Å². The van der Waals surface area contributed by atoms with Crippen LogP contribution in [0.15, 0.2) is 29.3 Å². The fourth-order valence-corrected chi connectivity index (χ4v) is 2.64. The number of benzene rings is 1. The summed E-state index contributed by atoms with van der Waals surface area (Å²) in [6, 6.07) is 6.37. The molecule has 0 saturated carbocycles. The van der Waals surface area contributed by atoms with E-state index in [-0.39, 0.29) is 16.4 Å². The number of aromatic nitrogens is 2. The first-order chi connectivity index (χ1) is 9.15. The molecule has 1 aromatic heterocycles. The van der Waals surface area contributed by atoms with Crippen LogP contribution in [0.4, 0.5) is 5.69 Å². The highest BCUT2D eigenvalue weighted by molar-refractivity contribution is 6.31. The van der Waals surface area contributed by atoms with Gasteiger partial charge in [0.05, 0.1) is 12.9 Å². The van der Waals surface area contributed by atoms with Gasteiger partial charge in [-0.3, -0.25) is 9.36 Å². The summed E-state index contributed by atoms with van der Waals surface area (Å²) in [5, 5.41) is 0.0650. The maximum atomic E-state index is 11.9. The summed E-state index contributed by atoms with van der Waals surface area (Å²) in [7, 11) is 0. The average molecular weight is 276 g/mol. The molecule has 0 spiro atoms. The fraction of sp³-hybridized carbons (Fsp3) is 0.286. The molecule has 0 amide bonds. The molecule has 0 saturated heterocycles. The monoisotopic (exact) mass is 275 g/mol. The highest BCUT2D eigenvalue weighted by Crippen LogP contribution is 2.23. The van der Waals surface area contributed by atoms with E-state index < -0.39 is 0 Å². The van der Waals surface area contributed by atoms with Gasteiger partial charge in [0, 0.05) is 0 Å². The van der Waals surface area contributed by atoms with Gasteiger partial charge in [-0.25, -0.2) is 4.98 Å². The quantitative estimate of drug-likeness (QED) is 0.853. The first-order valence-electron chi connectivity index (χ1n) is 6.26. The molecule has 0 aliphatic heterocycles. The second-order valence-electron chi connectivity index (χ2n) is 4.84. The van der Waals surface area contributed by atoms with E-state index >= 15 is 0 Å². The molecule has 2 aromatic rings. The maximum Gasteiger partial charge on any atom is 0.278 e. The lowest BCUT2D eigenvalue weighted by molar-refractivity contribution is 0.738. The molecular weight excluding hydrogens is 262 g/mol. The number of fused-ring (bicyclic) bond motifs is 1. The topological polar surface area (TPSA) is 60.9 Å². The minimum atomic E-state index is -0.291. The third-order valence-corrected chi connectivity index (χ3v) is 3.84. The Kier molecular flexibility index (Phi) is 3.03. The second kappa shape index (κ2) is 4.70. The van der Waals surface area contributed by atoms with Crippen molar-refractivity contribution >= 4 is 17.3 Å². The third-order valence-electron chi connectivity index (χ3n) is 3.54. The summed E-state index contributed by atoms with van der Waals surface area (Å²) in [6.07, 6.45) is 4.94. The van der Waals surface area contributed by atoms with E-state index in [1.165, 1.54) is 28.4 Å². The van der Waals surface area contributed by atoms with Crippen molar-refractivity contribution in [3.63, 3.8) is 0 Å². The van der Waals surface area contributed by atoms with E-state index in [1.54, 1.807) is 0 Å². The highest BCUT2D eigenvalue weighted by atomic mass is 35.5. The lowest BCUT2D eigenvalue weighted by Gasteiger charge is -2.08. The molecule has 0 unspecified atom stereocenters. The smallest absolute Gasteiger partial charge is 0.278 e. The van der Waals surface area contributed by atoms with E-state index in [0.717, 1.165) is 18.4 Å². The Hall–Kier alpha value is -1.81. The van der Waals surface area contributed by atoms with Crippen LogP contribution in [0.1, 0.15) is 23.1 Å². The third kappa shape index (κ3) is 2.24. The summed E-state index contributed by atoms with van der Waals surface area (Å²) >= 11 is 5.72. The Morgan fingerprint density at radius 2 is 2.11 bits per heavy atom. The van der Waals surface area contributed by atoms with Crippen LogP contribution in [0.5, 0.6) is 0 Å². The molecule has 19 heavy (non-hydrogen) atoms. The summed E-state index contributed by atoms with van der Waals surface area (Å²) < 4.78 is 1.48. The molecule has 1 aromatic carbocycles. The van der Waals surface area contributed by atoms with Crippen LogP contribution in [0.3, 0.4) is 0 Å². The second-order valence-corrected chi connectivity index (χ2v) is 5.20. The van der Waals surface area contributed by atoms with E-state index in [4.69, 9.17) is 17.3 Å². The Morgan fingerprint density at radius 3 is 2.95 bits per heavy atom. The van der Waals surface area contributed by atoms with Gasteiger partial charge in [-0.1, -0.05) is 29.8 Å². The highest BCUT2D eigenvalue weighted by Gasteiger charge is 2.12. The van der Waals surface area contributed by atoms with Crippen molar-refractivity contribution in [3.05, 3.63) is 56.7 Å². The van der Waals surface area contributed by atoms with Gasteiger partial charge < -0.3 is 5.73 Å². The van der Waals surface area contributed by atoms with Crippen molar-refractivity contribution in [2.75, 3.05) is 5.73 Å². The molecule has 2 N–H and O–H groups in total. The molecule has 0 atom stereocenters. The average Bonchev–Trinajstić information content (AvgIpc) is 2.87. The summed E-state index contributed by atoms with van der Waals surface area (Å²) in [5.41, 5.74) is 9.21. The van der Waals surface area contributed by atoms with Gasteiger partial charge in [0.1, 0.15) is 5.69 Å². The van der Waals surface area contributed by atoms with Gasteiger partial charge in [-0.15, -0.1) is 0 Å². The zero-order valence-corrected chi connectivity index (χ0v) is 11.2. The number of halogens is 1. The summed E-state index contributed by atoms with van der Waals surface area (Å²) in [5.74, 6) is 0. The van der Waals surface area contributed by atoms with E-state index in [1.807, 2.05) is 0 Å². The Bertz CT molecular complexity index is 694. The van der Waals surface area contributed by atoms with Gasteiger partial charge >= 0.3 is 0 Å². The normalized spacial score (nSPS) is 13.5. The molecule has 0 bridgehead atoms. The fourth-order valence-electron chi connectivity index (χ4n) is 2.52. The lowest BCUT2D eigenvalue weighted by atomic mass is 10.1. The van der Waals surface area contributed by atoms with Crippen LogP contribution < -0.4 is 11.3 Å². The number of rotatable bonds is 2. The van der Waals surface area contributed by atoms with Crippen LogP contribution in [0, 0.1) is 0 Å². The molecule has 98 valence electrons. The number of nitrogens with two attached hydrogens (primary N) is 1. The Morgan fingerprint density at radius 1 is 1.32 bits per heavy atom. The van der Waals surface area contributed by atoms with Crippen LogP contribution in [-0.4, -0.2) is 9.55 Å². The molecule has 1 aliphatic rings. The SMILES string of the molecule is Nc1c(Cl)ncn(Cc2ccc3c(c2)CCC3)c1=O. The predicted octanol–water partition coefficient (Wildman–Crippen LogP) is 2.02. The number of hydrogen-bond donors (Lipinski definition) is 1. The van der Waals surface area contributed by atoms with Crippen LogP contribution >= 0.6 is 11.6 Å². The van der Waals surface area contributed by atoms with Gasteiger partial charge in [0.2, 0.25) is 0 Å². The van der Waals surface area contributed by atoms with Crippen molar-refractivity contribution in [2.24, 2.45) is 0 Å². The molecule has 0 fully saturated rings. The van der Waals surface area contributed by atoms with Crippen molar-refractivity contribution < 1.29 is 0 Å². The first kappa shape index (κ1) is 12.2. The van der Waals surface area contributed by atoms with Crippen molar-refractivity contribution in [3.8, 4) is 0 Å². The molecule has 1 aliphatic carbocycles. The van der Waals surface area contributed by atoms with Crippen molar-refractivity contribution in [1.82, 2.24) is 9.55 Å². The molecule has 0 radical (unpaired) electrons. The van der Waals surface area contributed by atoms with Crippen LogP contribution in [0.2, 0.25) is 5.15 Å². The van der Waals surface area contributed by atoms with Crippen LogP contribution in [-0.2, 0) is 19.4 Å². The minimum absolute atomic E-state index is 0.00493. The van der Waals surface area contributed by atoms with Gasteiger partial charge in [0.25, 0.3) is 5.56 Å². The molecule has 3 rings (SSSR count). The largest absolute Gasteiger partial charge is 0.392 e. The molecule has 4 nitrogen and oxygen atoms in total. The predicted molar refractivity (Wildman–Crippen MR) is 75.5 cm³/mol. The van der Waals surface area contributed by atoms with Crippen molar-refractivity contribution in [1.29, 1.82) is 0 Å². The zero-order chi connectivity index (χ0) is 13.4. The molecule has 5 heteroatoms. The van der Waals surface area contributed by atoms with E-state index in [2.05, 4.69) is 23.2 Å². The number of nitrogen functional groups attached to an aromatic ring is 1. The minimum Gasteiger partial charge on any atom is -0.392 e. The maximum absolute atomic E-state index is 11.9. The summed E-state index contributed by atoms with van der Waals surface area (Å²) in [6.45, 7) is 0.473. The molecule has 1 heterocycles. The summed E-state index contributed by atoms with van der Waals surface area (Å²) in [4.78, 5) is 15.9. The number of aryl methyl sites for hydroxylation is 2. The first-order valence-corrected chi connectivity index (χ1v) is 6.64.